The van der Waals surface area contributed by atoms with Crippen LogP contribution in [0.3, 0.4) is 0 Å². The first-order valence-electron chi connectivity index (χ1n) is 6.02. The molecule has 1 aliphatic carbocycles. The molecule has 4 nitrogen and oxygen atoms in total. The zero-order valence-corrected chi connectivity index (χ0v) is 9.42. The van der Waals surface area contributed by atoms with Crippen LogP contribution >= 0.6 is 0 Å². The summed E-state index contributed by atoms with van der Waals surface area (Å²) in [5.41, 5.74) is 0. The average molecular weight is 208 g/mol. The fourth-order valence-corrected chi connectivity index (χ4v) is 2.14. The SMILES string of the molecule is CCCNCc1nc(C2CCCC2)n[nH]1. The van der Waals surface area contributed by atoms with Crippen molar-refractivity contribution in [2.45, 2.75) is 51.5 Å². The van der Waals surface area contributed by atoms with Crippen molar-refractivity contribution in [3.05, 3.63) is 11.6 Å². The Kier molecular flexibility index (Phi) is 3.72. The predicted molar refractivity (Wildman–Crippen MR) is 59.6 cm³/mol. The molecule has 0 aromatic carbocycles. The van der Waals surface area contributed by atoms with Crippen molar-refractivity contribution in [1.29, 1.82) is 0 Å². The van der Waals surface area contributed by atoms with Crippen LogP contribution in [0, 0.1) is 0 Å². The van der Waals surface area contributed by atoms with Crippen LogP contribution in [0.4, 0.5) is 0 Å². The number of hydrogen-bond donors (Lipinski definition) is 2. The van der Waals surface area contributed by atoms with Gasteiger partial charge in [0.1, 0.15) is 5.82 Å². The second-order valence-electron chi connectivity index (χ2n) is 4.30. The Balaban J connectivity index is 1.86. The summed E-state index contributed by atoms with van der Waals surface area (Å²) >= 11 is 0. The smallest absolute Gasteiger partial charge is 0.153 e. The van der Waals surface area contributed by atoms with Crippen molar-refractivity contribution >= 4 is 0 Å². The first-order chi connectivity index (χ1) is 7.40. The molecule has 0 amide bonds. The van der Waals surface area contributed by atoms with E-state index in [4.69, 9.17) is 0 Å². The molecule has 0 saturated heterocycles. The lowest BCUT2D eigenvalue weighted by atomic mass is 10.1. The molecule has 1 saturated carbocycles. The highest BCUT2D eigenvalue weighted by Gasteiger charge is 2.20. The highest BCUT2D eigenvalue weighted by molar-refractivity contribution is 4.99. The van der Waals surface area contributed by atoms with Gasteiger partial charge in [0.15, 0.2) is 5.82 Å². The van der Waals surface area contributed by atoms with Crippen LogP contribution in [0.5, 0.6) is 0 Å². The van der Waals surface area contributed by atoms with Gasteiger partial charge in [-0.1, -0.05) is 19.8 Å². The van der Waals surface area contributed by atoms with Crippen molar-refractivity contribution in [3.8, 4) is 0 Å². The van der Waals surface area contributed by atoms with Crippen LogP contribution < -0.4 is 5.32 Å². The summed E-state index contributed by atoms with van der Waals surface area (Å²) in [6, 6.07) is 0. The molecule has 0 bridgehead atoms. The van der Waals surface area contributed by atoms with Gasteiger partial charge in [0, 0.05) is 5.92 Å². The summed E-state index contributed by atoms with van der Waals surface area (Å²) in [7, 11) is 0. The number of rotatable bonds is 5. The van der Waals surface area contributed by atoms with E-state index in [2.05, 4.69) is 27.4 Å². The maximum atomic E-state index is 4.53. The number of aromatic amines is 1. The minimum atomic E-state index is 0.612. The van der Waals surface area contributed by atoms with Crippen LogP contribution in [0.25, 0.3) is 0 Å². The Bertz CT molecular complexity index is 289. The molecule has 1 aliphatic rings. The molecular weight excluding hydrogens is 188 g/mol. The van der Waals surface area contributed by atoms with Crippen LogP contribution in [0.1, 0.15) is 56.6 Å². The molecule has 1 aromatic rings. The first kappa shape index (κ1) is 10.6. The molecule has 0 unspecified atom stereocenters. The molecule has 2 N–H and O–H groups in total. The molecule has 84 valence electrons. The Morgan fingerprint density at radius 2 is 2.20 bits per heavy atom. The molecule has 1 aromatic heterocycles. The maximum absolute atomic E-state index is 4.53. The van der Waals surface area contributed by atoms with E-state index in [-0.39, 0.29) is 0 Å². The zero-order valence-electron chi connectivity index (χ0n) is 9.42. The standard InChI is InChI=1S/C11H20N4/c1-2-7-12-8-10-13-11(15-14-10)9-5-3-4-6-9/h9,12H,2-8H2,1H3,(H,13,14,15). The third-order valence-electron chi connectivity index (χ3n) is 2.99. The quantitative estimate of drug-likeness (QED) is 0.727. The average Bonchev–Trinajstić information content (AvgIpc) is 2.87. The third kappa shape index (κ3) is 2.78. The summed E-state index contributed by atoms with van der Waals surface area (Å²) in [5.74, 6) is 2.62. The van der Waals surface area contributed by atoms with Gasteiger partial charge in [0.2, 0.25) is 0 Å². The molecule has 1 heterocycles. The van der Waals surface area contributed by atoms with Crippen molar-refractivity contribution in [2.24, 2.45) is 0 Å². The van der Waals surface area contributed by atoms with Crippen LogP contribution in [-0.2, 0) is 6.54 Å². The third-order valence-corrected chi connectivity index (χ3v) is 2.99. The van der Waals surface area contributed by atoms with Gasteiger partial charge >= 0.3 is 0 Å². The highest BCUT2D eigenvalue weighted by atomic mass is 15.2. The Morgan fingerprint density at radius 1 is 1.40 bits per heavy atom. The van der Waals surface area contributed by atoms with E-state index in [1.54, 1.807) is 0 Å². The summed E-state index contributed by atoms with van der Waals surface area (Å²) < 4.78 is 0. The first-order valence-corrected chi connectivity index (χ1v) is 6.02. The number of nitrogens with one attached hydrogen (secondary N) is 2. The summed E-state index contributed by atoms with van der Waals surface area (Å²) in [5, 5.41) is 10.6. The zero-order chi connectivity index (χ0) is 10.5. The van der Waals surface area contributed by atoms with E-state index < -0.39 is 0 Å². The van der Waals surface area contributed by atoms with E-state index in [0.717, 1.165) is 31.2 Å². The second-order valence-corrected chi connectivity index (χ2v) is 4.30. The minimum absolute atomic E-state index is 0.612. The number of H-pyrrole nitrogens is 1. The second kappa shape index (κ2) is 5.26. The number of aromatic nitrogens is 3. The Hall–Kier alpha value is -0.900. The lowest BCUT2D eigenvalue weighted by Crippen LogP contribution is -2.14. The minimum Gasteiger partial charge on any atom is -0.310 e. The molecule has 2 rings (SSSR count). The van der Waals surface area contributed by atoms with Gasteiger partial charge in [-0.05, 0) is 25.8 Å². The molecule has 15 heavy (non-hydrogen) atoms. The summed E-state index contributed by atoms with van der Waals surface area (Å²) in [6.07, 6.45) is 6.36. The van der Waals surface area contributed by atoms with Crippen molar-refractivity contribution in [1.82, 2.24) is 20.5 Å². The van der Waals surface area contributed by atoms with Gasteiger partial charge in [-0.15, -0.1) is 0 Å². The largest absolute Gasteiger partial charge is 0.310 e. The molecular formula is C11H20N4. The van der Waals surface area contributed by atoms with Gasteiger partial charge in [-0.2, -0.15) is 5.10 Å². The van der Waals surface area contributed by atoms with Crippen molar-refractivity contribution < 1.29 is 0 Å². The lowest BCUT2D eigenvalue weighted by molar-refractivity contribution is 0.648. The normalized spacial score (nSPS) is 17.4. The predicted octanol–water partition coefficient (Wildman–Crippen LogP) is 1.96. The van der Waals surface area contributed by atoms with E-state index in [9.17, 15) is 0 Å². The molecule has 4 heteroatoms. The number of hydrogen-bond acceptors (Lipinski definition) is 3. The van der Waals surface area contributed by atoms with E-state index >= 15 is 0 Å². The fraction of sp³-hybridized carbons (Fsp3) is 0.818. The van der Waals surface area contributed by atoms with Gasteiger partial charge in [0.05, 0.1) is 6.54 Å². The summed E-state index contributed by atoms with van der Waals surface area (Å²) in [6.45, 7) is 4.02. The van der Waals surface area contributed by atoms with Gasteiger partial charge in [0.25, 0.3) is 0 Å². The van der Waals surface area contributed by atoms with Crippen LogP contribution in [0.2, 0.25) is 0 Å². The molecule has 0 aliphatic heterocycles. The van der Waals surface area contributed by atoms with E-state index in [1.807, 2.05) is 0 Å². The van der Waals surface area contributed by atoms with Crippen molar-refractivity contribution in [3.63, 3.8) is 0 Å². The fourth-order valence-electron chi connectivity index (χ4n) is 2.14. The lowest BCUT2D eigenvalue weighted by Gasteiger charge is -2.01. The summed E-state index contributed by atoms with van der Waals surface area (Å²) in [4.78, 5) is 4.53. The van der Waals surface area contributed by atoms with Gasteiger partial charge in [-0.3, -0.25) is 5.10 Å². The van der Waals surface area contributed by atoms with Crippen molar-refractivity contribution in [2.75, 3.05) is 6.54 Å². The molecule has 0 spiro atoms. The number of nitrogens with zero attached hydrogens (tertiary/aromatic N) is 2. The topological polar surface area (TPSA) is 53.6 Å². The Morgan fingerprint density at radius 3 is 2.93 bits per heavy atom. The van der Waals surface area contributed by atoms with Gasteiger partial charge in [-0.25, -0.2) is 4.98 Å². The van der Waals surface area contributed by atoms with Crippen LogP contribution in [-0.4, -0.2) is 21.7 Å². The van der Waals surface area contributed by atoms with Gasteiger partial charge < -0.3 is 5.32 Å². The van der Waals surface area contributed by atoms with E-state index in [1.165, 1.54) is 25.7 Å². The maximum Gasteiger partial charge on any atom is 0.153 e. The van der Waals surface area contributed by atoms with E-state index in [0.29, 0.717) is 5.92 Å². The monoisotopic (exact) mass is 208 g/mol. The molecule has 1 fully saturated rings. The highest BCUT2D eigenvalue weighted by Crippen LogP contribution is 2.31. The molecule has 0 atom stereocenters. The Labute approximate surface area is 90.9 Å². The van der Waals surface area contributed by atoms with Crippen LogP contribution in [0.15, 0.2) is 0 Å². The molecule has 0 radical (unpaired) electrons.